The first-order valence-electron chi connectivity index (χ1n) is 9.21. The Hall–Kier alpha value is -1.57. The van der Waals surface area contributed by atoms with E-state index in [9.17, 15) is 9.90 Å². The second-order valence-electron chi connectivity index (χ2n) is 8.89. The summed E-state index contributed by atoms with van der Waals surface area (Å²) >= 11 is 0. The maximum Gasteiger partial charge on any atom is 0.189 e. The van der Waals surface area contributed by atoms with Crippen LogP contribution in [0.2, 0.25) is 0 Å². The molecule has 1 N–H and O–H groups in total. The number of hydrogen-bond donors (Lipinski definition) is 1. The van der Waals surface area contributed by atoms with E-state index in [1.807, 2.05) is 13.0 Å². The highest BCUT2D eigenvalue weighted by molar-refractivity contribution is 6.10. The van der Waals surface area contributed by atoms with Crippen LogP contribution in [0, 0.1) is 23.7 Å². The van der Waals surface area contributed by atoms with Gasteiger partial charge in [0.05, 0.1) is 0 Å². The molecule has 0 spiro atoms. The number of ketones is 1. The van der Waals surface area contributed by atoms with Gasteiger partial charge in [-0.15, -0.1) is 0 Å². The van der Waals surface area contributed by atoms with Gasteiger partial charge in [-0.05, 0) is 80.0 Å². The smallest absolute Gasteiger partial charge is 0.189 e. The van der Waals surface area contributed by atoms with E-state index >= 15 is 0 Å². The lowest BCUT2D eigenvalue weighted by Crippen LogP contribution is -2.47. The normalized spacial score (nSPS) is 29.3. The lowest BCUT2D eigenvalue weighted by atomic mass is 9.49. The Morgan fingerprint density at radius 2 is 1.83 bits per heavy atom. The number of phenolic OH excluding ortho intramolecular Hbond substituents is 1. The summed E-state index contributed by atoms with van der Waals surface area (Å²) in [4.78, 5) is 13.4. The summed E-state index contributed by atoms with van der Waals surface area (Å²) in [7, 11) is 0. The standard InChI is InChI=1S/C22H30O2/c1-14-11-16(13-17(23)12-14)20(24)19-15(2)7-8-18-21(3,4)9-6-10-22(18,19)5/h11-13,18,23H,6-10H2,1-5H3/t18-,22-/m0/s1. The minimum absolute atomic E-state index is 0.0411. The molecule has 0 amide bonds. The number of carbonyl (C=O) groups is 1. The number of benzene rings is 1. The zero-order valence-electron chi connectivity index (χ0n) is 15.7. The first kappa shape index (κ1) is 17.3. The zero-order valence-corrected chi connectivity index (χ0v) is 15.7. The summed E-state index contributed by atoms with van der Waals surface area (Å²) in [6.07, 6.45) is 5.73. The molecular weight excluding hydrogens is 296 g/mol. The van der Waals surface area contributed by atoms with E-state index in [-0.39, 0.29) is 22.4 Å². The van der Waals surface area contributed by atoms with E-state index in [4.69, 9.17) is 0 Å². The number of aryl methyl sites for hydroxylation is 1. The Morgan fingerprint density at radius 3 is 2.50 bits per heavy atom. The maximum absolute atomic E-state index is 13.4. The van der Waals surface area contributed by atoms with Crippen molar-refractivity contribution in [2.75, 3.05) is 0 Å². The van der Waals surface area contributed by atoms with Crippen LogP contribution in [0.25, 0.3) is 0 Å². The zero-order chi connectivity index (χ0) is 17.7. The Morgan fingerprint density at radius 1 is 1.12 bits per heavy atom. The van der Waals surface area contributed by atoms with Gasteiger partial charge in [-0.3, -0.25) is 4.79 Å². The Labute approximate surface area is 146 Å². The topological polar surface area (TPSA) is 37.3 Å². The van der Waals surface area contributed by atoms with Crippen LogP contribution in [0.3, 0.4) is 0 Å². The average Bonchev–Trinajstić information content (AvgIpc) is 2.44. The second-order valence-corrected chi connectivity index (χ2v) is 8.89. The summed E-state index contributed by atoms with van der Waals surface area (Å²) in [5.74, 6) is 0.856. The molecule has 130 valence electrons. The van der Waals surface area contributed by atoms with Crippen molar-refractivity contribution in [1.82, 2.24) is 0 Å². The molecule has 2 aliphatic rings. The summed E-state index contributed by atoms with van der Waals surface area (Å²) in [6, 6.07) is 5.23. The highest BCUT2D eigenvalue weighted by Crippen LogP contribution is 2.59. The number of phenols is 1. The molecule has 2 heteroatoms. The number of fused-ring (bicyclic) bond motifs is 1. The van der Waals surface area contributed by atoms with E-state index < -0.39 is 0 Å². The number of allylic oxidation sites excluding steroid dienone is 2. The molecule has 2 aliphatic carbocycles. The van der Waals surface area contributed by atoms with Gasteiger partial charge < -0.3 is 5.11 Å². The molecule has 2 nitrogen and oxygen atoms in total. The number of Topliss-reactive ketones (excluding diaryl/α,β-unsaturated/α-hetero) is 1. The predicted molar refractivity (Wildman–Crippen MR) is 98.3 cm³/mol. The SMILES string of the molecule is CC1=C(C(=O)c2cc(C)cc(O)c2)[C@@]2(C)CCCC(C)(C)[C@@H]2CC1. The number of carbonyl (C=O) groups excluding carboxylic acids is 1. The fourth-order valence-corrected chi connectivity index (χ4v) is 5.60. The maximum atomic E-state index is 13.4. The highest BCUT2D eigenvalue weighted by Gasteiger charge is 2.51. The number of hydrogen-bond acceptors (Lipinski definition) is 2. The lowest BCUT2D eigenvalue weighted by Gasteiger charge is -2.54. The number of aromatic hydroxyl groups is 1. The molecule has 0 saturated heterocycles. The highest BCUT2D eigenvalue weighted by atomic mass is 16.3. The summed E-state index contributed by atoms with van der Waals surface area (Å²) in [5, 5.41) is 9.92. The molecule has 1 saturated carbocycles. The van der Waals surface area contributed by atoms with Crippen LogP contribution in [0.5, 0.6) is 5.75 Å². The van der Waals surface area contributed by atoms with Crippen molar-refractivity contribution in [3.8, 4) is 5.75 Å². The van der Waals surface area contributed by atoms with Gasteiger partial charge in [-0.2, -0.15) is 0 Å². The average molecular weight is 326 g/mol. The minimum Gasteiger partial charge on any atom is -0.508 e. The first-order chi connectivity index (χ1) is 11.1. The Kier molecular flexibility index (Phi) is 4.14. The molecule has 24 heavy (non-hydrogen) atoms. The molecule has 0 aromatic heterocycles. The number of rotatable bonds is 2. The predicted octanol–water partition coefficient (Wildman–Crippen LogP) is 5.83. The van der Waals surface area contributed by atoms with Crippen molar-refractivity contribution >= 4 is 5.78 Å². The fourth-order valence-electron chi connectivity index (χ4n) is 5.60. The summed E-state index contributed by atoms with van der Waals surface area (Å²) in [6.45, 7) is 11.1. The van der Waals surface area contributed by atoms with E-state index in [1.165, 1.54) is 24.8 Å². The monoisotopic (exact) mass is 326 g/mol. The van der Waals surface area contributed by atoms with Gasteiger partial charge >= 0.3 is 0 Å². The quantitative estimate of drug-likeness (QED) is 0.695. The molecule has 0 radical (unpaired) electrons. The third-order valence-electron chi connectivity index (χ3n) is 6.59. The van der Waals surface area contributed by atoms with Gasteiger partial charge in [0.2, 0.25) is 0 Å². The third kappa shape index (κ3) is 2.70. The molecule has 0 heterocycles. The molecule has 2 atom stereocenters. The van der Waals surface area contributed by atoms with E-state index in [2.05, 4.69) is 27.7 Å². The molecular formula is C22H30O2. The van der Waals surface area contributed by atoms with E-state index in [1.54, 1.807) is 12.1 Å². The minimum atomic E-state index is -0.0411. The van der Waals surface area contributed by atoms with Gasteiger partial charge in [0.25, 0.3) is 0 Å². The van der Waals surface area contributed by atoms with Crippen LogP contribution < -0.4 is 0 Å². The third-order valence-corrected chi connectivity index (χ3v) is 6.59. The van der Waals surface area contributed by atoms with Crippen LogP contribution in [-0.2, 0) is 0 Å². The van der Waals surface area contributed by atoms with Crippen molar-refractivity contribution in [3.05, 3.63) is 40.5 Å². The van der Waals surface area contributed by atoms with E-state index in [0.29, 0.717) is 11.5 Å². The van der Waals surface area contributed by atoms with Gasteiger partial charge in [-0.25, -0.2) is 0 Å². The van der Waals surface area contributed by atoms with Gasteiger partial charge in [-0.1, -0.05) is 32.8 Å². The first-order valence-corrected chi connectivity index (χ1v) is 9.21. The Bertz CT molecular complexity index is 690. The Balaban J connectivity index is 2.09. The molecule has 1 aromatic rings. The van der Waals surface area contributed by atoms with Crippen molar-refractivity contribution in [2.45, 2.75) is 66.7 Å². The van der Waals surface area contributed by atoms with E-state index in [0.717, 1.165) is 24.0 Å². The van der Waals surface area contributed by atoms with Crippen LogP contribution in [0.4, 0.5) is 0 Å². The van der Waals surface area contributed by atoms with Gasteiger partial charge in [0.1, 0.15) is 5.75 Å². The molecule has 0 aliphatic heterocycles. The second kappa shape index (κ2) is 5.75. The van der Waals surface area contributed by atoms with Crippen LogP contribution in [0.1, 0.15) is 75.7 Å². The van der Waals surface area contributed by atoms with Crippen molar-refractivity contribution in [1.29, 1.82) is 0 Å². The van der Waals surface area contributed by atoms with Crippen LogP contribution in [-0.4, -0.2) is 10.9 Å². The summed E-state index contributed by atoms with van der Waals surface area (Å²) in [5.41, 5.74) is 4.08. The largest absolute Gasteiger partial charge is 0.508 e. The van der Waals surface area contributed by atoms with Crippen molar-refractivity contribution in [2.24, 2.45) is 16.7 Å². The molecule has 0 unspecified atom stereocenters. The van der Waals surface area contributed by atoms with Crippen molar-refractivity contribution < 1.29 is 9.90 Å². The van der Waals surface area contributed by atoms with Gasteiger partial charge in [0, 0.05) is 11.1 Å². The van der Waals surface area contributed by atoms with Gasteiger partial charge in [0.15, 0.2) is 5.78 Å². The molecule has 0 bridgehead atoms. The van der Waals surface area contributed by atoms with Crippen LogP contribution >= 0.6 is 0 Å². The fraction of sp³-hybridized carbons (Fsp3) is 0.591. The molecule has 1 aromatic carbocycles. The van der Waals surface area contributed by atoms with Crippen LogP contribution in [0.15, 0.2) is 29.3 Å². The molecule has 3 rings (SSSR count). The lowest BCUT2D eigenvalue weighted by molar-refractivity contribution is 0.0121. The summed E-state index contributed by atoms with van der Waals surface area (Å²) < 4.78 is 0. The van der Waals surface area contributed by atoms with Crippen molar-refractivity contribution in [3.63, 3.8) is 0 Å². The molecule has 1 fully saturated rings.